The predicted molar refractivity (Wildman–Crippen MR) is 118 cm³/mol. The number of fused-ring (bicyclic) bond motifs is 1. The molecule has 1 heterocycles. The Kier molecular flexibility index (Phi) is 6.68. The predicted octanol–water partition coefficient (Wildman–Crippen LogP) is 4.25. The molecule has 0 aliphatic carbocycles. The third-order valence-electron chi connectivity index (χ3n) is 4.03. The molecule has 1 N–H and O–H groups in total. The number of hydrogen-bond donors (Lipinski definition) is 1. The molecule has 0 fully saturated rings. The lowest BCUT2D eigenvalue weighted by Gasteiger charge is -2.12. The fourth-order valence-corrected chi connectivity index (χ4v) is 5.06. The van der Waals surface area contributed by atoms with Crippen LogP contribution in [0.4, 0.5) is 5.69 Å². The number of ether oxygens (including phenoxy) is 1. The SMILES string of the molecule is CN(C)S(=O)(=O)c1ccc(NC(=O)COC(=O)c2sc3cc(Cl)ccc3c2Cl)cc1. The van der Waals surface area contributed by atoms with Crippen LogP contribution in [0.5, 0.6) is 0 Å². The number of anilines is 1. The molecule has 0 unspecified atom stereocenters. The Labute approximate surface area is 187 Å². The van der Waals surface area contributed by atoms with Crippen LogP contribution in [0.15, 0.2) is 47.4 Å². The van der Waals surface area contributed by atoms with Gasteiger partial charge in [0.25, 0.3) is 5.91 Å². The van der Waals surface area contributed by atoms with E-state index in [4.69, 9.17) is 27.9 Å². The number of amides is 1. The molecule has 0 aliphatic rings. The highest BCUT2D eigenvalue weighted by atomic mass is 35.5. The minimum atomic E-state index is -3.56. The van der Waals surface area contributed by atoms with Crippen molar-refractivity contribution in [3.63, 3.8) is 0 Å². The Morgan fingerprint density at radius 1 is 1.10 bits per heavy atom. The highest BCUT2D eigenvalue weighted by Crippen LogP contribution is 2.37. The molecule has 0 saturated heterocycles. The topological polar surface area (TPSA) is 92.8 Å². The number of carbonyl (C=O) groups excluding carboxylic acids is 2. The van der Waals surface area contributed by atoms with E-state index in [0.717, 1.165) is 20.3 Å². The zero-order valence-corrected chi connectivity index (χ0v) is 19.0. The van der Waals surface area contributed by atoms with Gasteiger partial charge in [0.15, 0.2) is 6.61 Å². The molecule has 0 atom stereocenters. The summed E-state index contributed by atoms with van der Waals surface area (Å²) in [6.45, 7) is -0.526. The van der Waals surface area contributed by atoms with E-state index in [1.807, 2.05) is 0 Å². The maximum Gasteiger partial charge on any atom is 0.350 e. The summed E-state index contributed by atoms with van der Waals surface area (Å²) in [7, 11) is -0.706. The van der Waals surface area contributed by atoms with E-state index in [1.54, 1.807) is 18.2 Å². The third kappa shape index (κ3) is 4.76. The van der Waals surface area contributed by atoms with Crippen molar-refractivity contribution in [2.24, 2.45) is 0 Å². The number of carbonyl (C=O) groups is 2. The van der Waals surface area contributed by atoms with Gasteiger partial charge in [0.05, 0.1) is 9.92 Å². The van der Waals surface area contributed by atoms with Gasteiger partial charge in [-0.05, 0) is 36.4 Å². The van der Waals surface area contributed by atoms with E-state index < -0.39 is 28.5 Å². The standard InChI is InChI=1S/C19H16Cl2N2O5S2/c1-23(2)30(26,27)13-6-4-12(5-7-13)22-16(24)10-28-19(25)18-17(21)14-8-3-11(20)9-15(14)29-18/h3-9H,10H2,1-2H3,(H,22,24). The number of thiophene rings is 1. The maximum absolute atomic E-state index is 12.3. The van der Waals surface area contributed by atoms with E-state index in [-0.39, 0.29) is 14.8 Å². The molecule has 30 heavy (non-hydrogen) atoms. The first-order valence-corrected chi connectivity index (χ1v) is 11.5. The van der Waals surface area contributed by atoms with Gasteiger partial charge in [-0.25, -0.2) is 17.5 Å². The molecular formula is C19H16Cl2N2O5S2. The molecule has 0 aliphatic heterocycles. The Morgan fingerprint density at radius 3 is 2.40 bits per heavy atom. The van der Waals surface area contributed by atoms with Crippen molar-refractivity contribution in [2.45, 2.75) is 4.90 Å². The van der Waals surface area contributed by atoms with Gasteiger partial charge in [-0.3, -0.25) is 4.79 Å². The zero-order chi connectivity index (χ0) is 22.1. The number of nitrogens with zero attached hydrogens (tertiary/aromatic N) is 1. The van der Waals surface area contributed by atoms with Crippen LogP contribution < -0.4 is 5.32 Å². The average Bonchev–Trinajstić information content (AvgIpc) is 3.02. The number of rotatable bonds is 6. The van der Waals surface area contributed by atoms with Gasteiger partial charge >= 0.3 is 5.97 Å². The number of halogens is 2. The summed E-state index contributed by atoms with van der Waals surface area (Å²) in [5, 5.41) is 3.97. The van der Waals surface area contributed by atoms with Crippen LogP contribution in [-0.2, 0) is 19.6 Å². The van der Waals surface area contributed by atoms with Gasteiger partial charge in [0, 0.05) is 34.9 Å². The Balaban J connectivity index is 1.62. The van der Waals surface area contributed by atoms with Crippen molar-refractivity contribution in [2.75, 3.05) is 26.0 Å². The van der Waals surface area contributed by atoms with Crippen LogP contribution in [0.1, 0.15) is 9.67 Å². The summed E-state index contributed by atoms with van der Waals surface area (Å²) >= 11 is 13.3. The minimum Gasteiger partial charge on any atom is -0.451 e. The monoisotopic (exact) mass is 486 g/mol. The number of esters is 1. The lowest BCUT2D eigenvalue weighted by Crippen LogP contribution is -2.22. The summed E-state index contributed by atoms with van der Waals surface area (Å²) in [6, 6.07) is 10.7. The number of hydrogen-bond acceptors (Lipinski definition) is 6. The van der Waals surface area contributed by atoms with Crippen molar-refractivity contribution in [1.29, 1.82) is 0 Å². The molecule has 1 aromatic heterocycles. The maximum atomic E-state index is 12.3. The first kappa shape index (κ1) is 22.5. The van der Waals surface area contributed by atoms with E-state index >= 15 is 0 Å². The van der Waals surface area contributed by atoms with Crippen molar-refractivity contribution >= 4 is 72.2 Å². The van der Waals surface area contributed by atoms with Gasteiger partial charge in [-0.15, -0.1) is 11.3 Å². The van der Waals surface area contributed by atoms with Crippen LogP contribution in [0.2, 0.25) is 10.0 Å². The van der Waals surface area contributed by atoms with E-state index in [9.17, 15) is 18.0 Å². The first-order chi connectivity index (χ1) is 14.1. The van der Waals surface area contributed by atoms with Crippen molar-refractivity contribution in [3.8, 4) is 0 Å². The quantitative estimate of drug-likeness (QED) is 0.525. The highest BCUT2D eigenvalue weighted by Gasteiger charge is 2.20. The van der Waals surface area contributed by atoms with Crippen LogP contribution >= 0.6 is 34.5 Å². The second kappa shape index (κ2) is 8.91. The molecule has 158 valence electrons. The van der Waals surface area contributed by atoms with Crippen LogP contribution in [-0.4, -0.2) is 45.3 Å². The largest absolute Gasteiger partial charge is 0.451 e. The Morgan fingerprint density at radius 2 is 1.77 bits per heavy atom. The number of sulfonamides is 1. The van der Waals surface area contributed by atoms with Crippen molar-refractivity contribution in [1.82, 2.24) is 4.31 Å². The molecule has 0 bridgehead atoms. The Bertz CT molecular complexity index is 1220. The lowest BCUT2D eigenvalue weighted by atomic mass is 10.2. The van der Waals surface area contributed by atoms with E-state index in [0.29, 0.717) is 16.1 Å². The van der Waals surface area contributed by atoms with Gasteiger partial charge in [-0.1, -0.05) is 29.3 Å². The van der Waals surface area contributed by atoms with Crippen LogP contribution in [0, 0.1) is 0 Å². The second-order valence-corrected chi connectivity index (χ2v) is 10.3. The molecule has 1 amide bonds. The summed E-state index contributed by atoms with van der Waals surface area (Å²) in [5.41, 5.74) is 0.364. The van der Waals surface area contributed by atoms with Crippen LogP contribution in [0.25, 0.3) is 10.1 Å². The van der Waals surface area contributed by atoms with E-state index in [2.05, 4.69) is 5.32 Å². The van der Waals surface area contributed by atoms with E-state index in [1.165, 1.54) is 38.4 Å². The normalized spacial score (nSPS) is 11.6. The highest BCUT2D eigenvalue weighted by molar-refractivity contribution is 7.89. The van der Waals surface area contributed by atoms with Gasteiger partial charge in [-0.2, -0.15) is 0 Å². The van der Waals surface area contributed by atoms with Gasteiger partial charge in [0.2, 0.25) is 10.0 Å². The first-order valence-electron chi connectivity index (χ1n) is 8.46. The molecule has 0 radical (unpaired) electrons. The molecule has 0 saturated carbocycles. The van der Waals surface area contributed by atoms with Crippen molar-refractivity contribution in [3.05, 3.63) is 57.4 Å². The summed E-state index contributed by atoms with van der Waals surface area (Å²) in [6.07, 6.45) is 0. The van der Waals surface area contributed by atoms with Gasteiger partial charge < -0.3 is 10.1 Å². The summed E-state index contributed by atoms with van der Waals surface area (Å²) < 4.78 is 31.0. The fraction of sp³-hybridized carbons (Fsp3) is 0.158. The molecule has 2 aromatic carbocycles. The van der Waals surface area contributed by atoms with Crippen LogP contribution in [0.3, 0.4) is 0 Å². The fourth-order valence-electron chi connectivity index (χ4n) is 2.49. The number of nitrogens with one attached hydrogen (secondary N) is 1. The molecular weight excluding hydrogens is 471 g/mol. The van der Waals surface area contributed by atoms with Crippen molar-refractivity contribution < 1.29 is 22.7 Å². The average molecular weight is 487 g/mol. The second-order valence-electron chi connectivity index (χ2n) is 6.32. The molecule has 11 heteroatoms. The van der Waals surface area contributed by atoms with Gasteiger partial charge in [0.1, 0.15) is 4.88 Å². The summed E-state index contributed by atoms with van der Waals surface area (Å²) in [4.78, 5) is 24.7. The molecule has 7 nitrogen and oxygen atoms in total. The zero-order valence-electron chi connectivity index (χ0n) is 15.8. The third-order valence-corrected chi connectivity index (χ3v) is 7.73. The molecule has 3 rings (SSSR count). The minimum absolute atomic E-state index is 0.0939. The lowest BCUT2D eigenvalue weighted by molar-refractivity contribution is -0.119. The number of benzene rings is 2. The molecule has 0 spiro atoms. The Hall–Kier alpha value is -2.17. The molecule has 3 aromatic rings. The summed E-state index contributed by atoms with van der Waals surface area (Å²) in [5.74, 6) is -1.30. The smallest absolute Gasteiger partial charge is 0.350 e.